The lowest BCUT2D eigenvalue weighted by Crippen LogP contribution is -2.26. The molecular formula is C19H20N2O7S. The zero-order valence-corrected chi connectivity index (χ0v) is 16.9. The molecule has 0 saturated heterocycles. The minimum Gasteiger partial charge on any atom is -0.495 e. The standard InChI is InChI=1S/C19H20N2O7S/c1-4-26-19(22)15-11-17(28-20-15)13-7-8-16(25-3)18(10-13)29(23,24)21(2)12-14-6-5-9-27-14/h5-11H,4,12H2,1-3H3. The number of hydrogen-bond acceptors (Lipinski definition) is 8. The van der Waals surface area contributed by atoms with E-state index < -0.39 is 16.0 Å². The van der Waals surface area contributed by atoms with Crippen molar-refractivity contribution in [2.24, 2.45) is 0 Å². The Morgan fingerprint density at radius 3 is 2.69 bits per heavy atom. The van der Waals surface area contributed by atoms with Crippen molar-refractivity contribution in [2.75, 3.05) is 20.8 Å². The summed E-state index contributed by atoms with van der Waals surface area (Å²) in [5.41, 5.74) is 0.413. The topological polar surface area (TPSA) is 112 Å². The van der Waals surface area contributed by atoms with Crippen LogP contribution in [0.25, 0.3) is 11.3 Å². The number of methoxy groups -OCH3 is 1. The Labute approximate surface area is 167 Å². The number of nitrogens with zero attached hydrogens (tertiary/aromatic N) is 2. The fourth-order valence-corrected chi connectivity index (χ4v) is 3.93. The first-order valence-corrected chi connectivity index (χ1v) is 10.1. The Hall–Kier alpha value is -3.11. The predicted molar refractivity (Wildman–Crippen MR) is 102 cm³/mol. The summed E-state index contributed by atoms with van der Waals surface area (Å²) in [5, 5.41) is 3.68. The fourth-order valence-electron chi connectivity index (χ4n) is 2.62. The maximum absolute atomic E-state index is 13.1. The predicted octanol–water partition coefficient (Wildman–Crippen LogP) is 2.94. The van der Waals surface area contributed by atoms with Crippen molar-refractivity contribution in [2.45, 2.75) is 18.4 Å². The number of carbonyl (C=O) groups excluding carboxylic acids is 1. The molecule has 0 N–H and O–H groups in total. The van der Waals surface area contributed by atoms with Crippen LogP contribution < -0.4 is 4.74 Å². The van der Waals surface area contributed by atoms with Gasteiger partial charge in [0.15, 0.2) is 11.5 Å². The van der Waals surface area contributed by atoms with E-state index in [1.807, 2.05) is 0 Å². The van der Waals surface area contributed by atoms with Gasteiger partial charge < -0.3 is 18.4 Å². The molecule has 29 heavy (non-hydrogen) atoms. The number of carbonyl (C=O) groups is 1. The molecule has 0 amide bonds. The molecule has 0 aliphatic rings. The molecule has 0 aliphatic heterocycles. The zero-order valence-electron chi connectivity index (χ0n) is 16.1. The van der Waals surface area contributed by atoms with Gasteiger partial charge in [-0.1, -0.05) is 5.16 Å². The zero-order chi connectivity index (χ0) is 21.0. The monoisotopic (exact) mass is 420 g/mol. The third-order valence-corrected chi connectivity index (χ3v) is 5.91. The van der Waals surface area contributed by atoms with Gasteiger partial charge in [0.1, 0.15) is 16.4 Å². The molecular weight excluding hydrogens is 400 g/mol. The van der Waals surface area contributed by atoms with Gasteiger partial charge >= 0.3 is 5.97 Å². The van der Waals surface area contributed by atoms with Gasteiger partial charge in [-0.15, -0.1) is 0 Å². The van der Waals surface area contributed by atoms with Crippen LogP contribution in [0.15, 0.2) is 56.5 Å². The summed E-state index contributed by atoms with van der Waals surface area (Å²) >= 11 is 0. The Balaban J connectivity index is 1.96. The quantitative estimate of drug-likeness (QED) is 0.511. The lowest BCUT2D eigenvalue weighted by atomic mass is 10.1. The van der Waals surface area contributed by atoms with Crippen LogP contribution in [-0.2, 0) is 21.3 Å². The lowest BCUT2D eigenvalue weighted by molar-refractivity contribution is 0.0514. The van der Waals surface area contributed by atoms with Crippen molar-refractivity contribution in [3.8, 4) is 17.1 Å². The second-order valence-electron chi connectivity index (χ2n) is 6.00. The highest BCUT2D eigenvalue weighted by molar-refractivity contribution is 7.89. The maximum Gasteiger partial charge on any atom is 0.360 e. The summed E-state index contributed by atoms with van der Waals surface area (Å²) < 4.78 is 47.9. The van der Waals surface area contributed by atoms with Gasteiger partial charge in [-0.2, -0.15) is 4.31 Å². The first-order chi connectivity index (χ1) is 13.9. The summed E-state index contributed by atoms with van der Waals surface area (Å²) in [6, 6.07) is 9.29. The second-order valence-corrected chi connectivity index (χ2v) is 8.02. The van der Waals surface area contributed by atoms with Crippen LogP contribution in [0.2, 0.25) is 0 Å². The smallest absolute Gasteiger partial charge is 0.360 e. The van der Waals surface area contributed by atoms with E-state index in [1.54, 1.807) is 25.1 Å². The van der Waals surface area contributed by atoms with Crippen LogP contribution in [0.4, 0.5) is 0 Å². The van der Waals surface area contributed by atoms with Crippen molar-refractivity contribution in [1.82, 2.24) is 9.46 Å². The van der Waals surface area contributed by atoms with Gasteiger partial charge in [-0.05, 0) is 37.3 Å². The van der Waals surface area contributed by atoms with Gasteiger partial charge in [-0.25, -0.2) is 13.2 Å². The van der Waals surface area contributed by atoms with Crippen molar-refractivity contribution in [3.63, 3.8) is 0 Å². The third kappa shape index (κ3) is 4.33. The Kier molecular flexibility index (Phi) is 6.04. The number of hydrogen-bond donors (Lipinski definition) is 0. The van der Waals surface area contributed by atoms with E-state index in [4.69, 9.17) is 18.4 Å². The van der Waals surface area contributed by atoms with Gasteiger partial charge in [0.05, 0.1) is 26.5 Å². The van der Waals surface area contributed by atoms with Crippen molar-refractivity contribution >= 4 is 16.0 Å². The van der Waals surface area contributed by atoms with Crippen molar-refractivity contribution in [3.05, 3.63) is 54.1 Å². The van der Waals surface area contributed by atoms with Crippen molar-refractivity contribution < 1.29 is 31.6 Å². The number of esters is 1. The molecule has 154 valence electrons. The minimum atomic E-state index is -3.91. The van der Waals surface area contributed by atoms with Gasteiger partial charge in [0.2, 0.25) is 10.0 Å². The average molecular weight is 420 g/mol. The van der Waals surface area contributed by atoms with E-state index in [2.05, 4.69) is 5.16 Å². The van der Waals surface area contributed by atoms with E-state index in [9.17, 15) is 13.2 Å². The number of furan rings is 1. The number of benzene rings is 1. The van der Waals surface area contributed by atoms with Gasteiger partial charge in [-0.3, -0.25) is 0 Å². The molecule has 2 aromatic heterocycles. The Morgan fingerprint density at radius 2 is 2.03 bits per heavy atom. The van der Waals surface area contributed by atoms with E-state index in [0.717, 1.165) is 4.31 Å². The molecule has 10 heteroatoms. The molecule has 9 nitrogen and oxygen atoms in total. The van der Waals surface area contributed by atoms with Crippen LogP contribution >= 0.6 is 0 Å². The molecule has 0 radical (unpaired) electrons. The first-order valence-electron chi connectivity index (χ1n) is 8.67. The SMILES string of the molecule is CCOC(=O)c1cc(-c2ccc(OC)c(S(=O)(=O)N(C)Cc3ccco3)c2)on1. The number of ether oxygens (including phenoxy) is 2. The molecule has 0 aliphatic carbocycles. The highest BCUT2D eigenvalue weighted by Crippen LogP contribution is 2.32. The minimum absolute atomic E-state index is 0.00277. The molecule has 0 unspecified atom stereocenters. The van der Waals surface area contributed by atoms with Gasteiger partial charge in [0, 0.05) is 18.7 Å². The van der Waals surface area contributed by atoms with E-state index >= 15 is 0 Å². The molecule has 0 bridgehead atoms. The lowest BCUT2D eigenvalue weighted by Gasteiger charge is -2.18. The first kappa shape index (κ1) is 20.6. The molecule has 1 aromatic carbocycles. The van der Waals surface area contributed by atoms with Gasteiger partial charge in [0.25, 0.3) is 0 Å². The molecule has 0 fully saturated rings. The van der Waals surface area contributed by atoms with E-state index in [1.165, 1.54) is 38.6 Å². The van der Waals surface area contributed by atoms with Crippen LogP contribution in [0.3, 0.4) is 0 Å². The van der Waals surface area contributed by atoms with Crippen LogP contribution in [0.5, 0.6) is 5.75 Å². The Morgan fingerprint density at radius 1 is 1.24 bits per heavy atom. The second kappa shape index (κ2) is 8.50. The summed E-state index contributed by atoms with van der Waals surface area (Å²) in [6.45, 7) is 1.94. The molecule has 3 aromatic rings. The number of rotatable bonds is 8. The van der Waals surface area contributed by atoms with E-state index in [0.29, 0.717) is 11.3 Å². The van der Waals surface area contributed by atoms with E-state index in [-0.39, 0.29) is 35.3 Å². The summed E-state index contributed by atoms with van der Waals surface area (Å²) in [7, 11) is -1.09. The molecule has 3 rings (SSSR count). The van der Waals surface area contributed by atoms with Crippen LogP contribution in [0.1, 0.15) is 23.2 Å². The van der Waals surface area contributed by atoms with Crippen LogP contribution in [-0.4, -0.2) is 44.6 Å². The summed E-state index contributed by atoms with van der Waals surface area (Å²) in [6.07, 6.45) is 1.47. The van der Waals surface area contributed by atoms with Crippen molar-refractivity contribution in [1.29, 1.82) is 0 Å². The molecule has 2 heterocycles. The number of sulfonamides is 1. The highest BCUT2D eigenvalue weighted by atomic mass is 32.2. The summed E-state index contributed by atoms with van der Waals surface area (Å²) in [5.74, 6) is 0.272. The van der Waals surface area contributed by atoms with Crippen LogP contribution in [0, 0.1) is 0 Å². The fraction of sp³-hybridized carbons (Fsp3) is 0.263. The molecule has 0 spiro atoms. The molecule has 0 saturated carbocycles. The summed E-state index contributed by atoms with van der Waals surface area (Å²) in [4.78, 5) is 11.7. The Bertz CT molecular complexity index is 1090. The number of aromatic nitrogens is 1. The largest absolute Gasteiger partial charge is 0.495 e. The average Bonchev–Trinajstić information content (AvgIpc) is 3.39. The highest BCUT2D eigenvalue weighted by Gasteiger charge is 2.27. The molecule has 0 atom stereocenters. The third-order valence-electron chi connectivity index (χ3n) is 4.09. The normalized spacial score (nSPS) is 11.6. The maximum atomic E-state index is 13.1.